The Balaban J connectivity index is 1.75. The first-order valence-corrected chi connectivity index (χ1v) is 7.78. The summed E-state index contributed by atoms with van der Waals surface area (Å²) in [5, 5.41) is 0. The number of amidine groups is 1. The first-order chi connectivity index (χ1) is 12.3. The maximum atomic E-state index is 5.98. The highest BCUT2D eigenvalue weighted by molar-refractivity contribution is 5.77. The zero-order valence-electron chi connectivity index (χ0n) is 13.1. The average molecular weight is 331 g/mol. The van der Waals surface area contributed by atoms with Gasteiger partial charge in [-0.2, -0.15) is 0 Å². The van der Waals surface area contributed by atoms with Crippen LogP contribution < -0.4 is 10.5 Å². The predicted octanol–water partition coefficient (Wildman–Crippen LogP) is 2.23. The van der Waals surface area contributed by atoms with Crippen LogP contribution in [0, 0.1) is 0 Å². The second kappa shape index (κ2) is 5.01. The molecule has 25 heavy (non-hydrogen) atoms. The van der Waals surface area contributed by atoms with Crippen molar-refractivity contribution in [2.24, 2.45) is 10.7 Å². The molecule has 122 valence electrons. The normalized spacial score (nSPS) is 20.2. The number of rotatable bonds is 1. The summed E-state index contributed by atoms with van der Waals surface area (Å²) in [7, 11) is 0. The Morgan fingerprint density at radius 3 is 2.72 bits per heavy atom. The molecule has 0 aliphatic carbocycles. The molecule has 0 saturated carbocycles. The van der Waals surface area contributed by atoms with Crippen LogP contribution in [-0.4, -0.2) is 27.6 Å². The van der Waals surface area contributed by atoms with E-state index in [4.69, 9.17) is 15.2 Å². The van der Waals surface area contributed by atoms with E-state index in [9.17, 15) is 0 Å². The molecule has 0 bridgehead atoms. The van der Waals surface area contributed by atoms with Gasteiger partial charge in [-0.05, 0) is 29.8 Å². The van der Waals surface area contributed by atoms with E-state index in [0.29, 0.717) is 18.2 Å². The van der Waals surface area contributed by atoms with Crippen LogP contribution in [0.5, 0.6) is 11.6 Å². The molecule has 4 heterocycles. The van der Waals surface area contributed by atoms with E-state index in [2.05, 4.69) is 19.9 Å². The lowest BCUT2D eigenvalue weighted by atomic mass is 9.81. The number of hydrogen-bond donors (Lipinski definition) is 1. The SMILES string of the molecule is NC1=NC2(CO1)c1cc(-c3cncnc3)ccc1Oc1ncccc12. The fourth-order valence-corrected chi connectivity index (χ4v) is 3.31. The number of hydrogen-bond acceptors (Lipinski definition) is 7. The first-order valence-electron chi connectivity index (χ1n) is 7.78. The number of ether oxygens (including phenoxy) is 2. The van der Waals surface area contributed by atoms with Crippen LogP contribution in [0.15, 0.2) is 60.2 Å². The highest BCUT2D eigenvalue weighted by Gasteiger charge is 2.47. The average Bonchev–Trinajstić information content (AvgIpc) is 3.05. The Kier molecular flexibility index (Phi) is 2.79. The Labute approximate surface area is 143 Å². The molecule has 2 aliphatic rings. The molecule has 1 aromatic carbocycles. The predicted molar refractivity (Wildman–Crippen MR) is 90.1 cm³/mol. The number of nitrogens with zero attached hydrogens (tertiary/aromatic N) is 4. The van der Waals surface area contributed by atoms with Gasteiger partial charge >= 0.3 is 0 Å². The maximum absolute atomic E-state index is 5.98. The van der Waals surface area contributed by atoms with Crippen molar-refractivity contribution >= 4 is 6.02 Å². The summed E-state index contributed by atoms with van der Waals surface area (Å²) >= 11 is 0. The van der Waals surface area contributed by atoms with Gasteiger partial charge in [0.25, 0.3) is 6.02 Å². The summed E-state index contributed by atoms with van der Waals surface area (Å²) in [4.78, 5) is 17.1. The molecular weight excluding hydrogens is 318 g/mol. The quantitative estimate of drug-likeness (QED) is 0.734. The second-order valence-corrected chi connectivity index (χ2v) is 5.90. The van der Waals surface area contributed by atoms with Crippen LogP contribution in [0.4, 0.5) is 0 Å². The summed E-state index contributed by atoms with van der Waals surface area (Å²) in [5.74, 6) is 1.21. The number of pyridine rings is 1. The largest absolute Gasteiger partial charge is 0.462 e. The summed E-state index contributed by atoms with van der Waals surface area (Å²) in [5.41, 5.74) is 8.69. The van der Waals surface area contributed by atoms with Crippen molar-refractivity contribution in [2.75, 3.05) is 6.61 Å². The molecule has 7 nitrogen and oxygen atoms in total. The summed E-state index contributed by atoms with van der Waals surface area (Å²) < 4.78 is 11.5. The van der Waals surface area contributed by atoms with Gasteiger partial charge < -0.3 is 15.2 Å². The van der Waals surface area contributed by atoms with Gasteiger partial charge in [0.1, 0.15) is 18.7 Å². The third-order valence-electron chi connectivity index (χ3n) is 4.47. The Morgan fingerprint density at radius 1 is 1.04 bits per heavy atom. The lowest BCUT2D eigenvalue weighted by Crippen LogP contribution is -2.31. The van der Waals surface area contributed by atoms with Crippen molar-refractivity contribution in [2.45, 2.75) is 5.54 Å². The summed E-state index contributed by atoms with van der Waals surface area (Å²) in [6.45, 7) is 0.308. The molecule has 7 heteroatoms. The van der Waals surface area contributed by atoms with E-state index in [1.807, 2.05) is 30.3 Å². The summed E-state index contributed by atoms with van der Waals surface area (Å²) in [6.07, 6.45) is 6.73. The van der Waals surface area contributed by atoms with Crippen molar-refractivity contribution < 1.29 is 9.47 Å². The third-order valence-corrected chi connectivity index (χ3v) is 4.47. The van der Waals surface area contributed by atoms with Crippen LogP contribution in [0.25, 0.3) is 11.1 Å². The standard InChI is InChI=1S/C18H13N5O2/c19-17-23-18(9-24-17)13-2-1-5-22-16(13)25-15-4-3-11(6-14(15)18)12-7-20-10-21-8-12/h1-8,10H,9H2,(H2,19,23). The lowest BCUT2D eigenvalue weighted by molar-refractivity contribution is 0.262. The van der Waals surface area contributed by atoms with Crippen LogP contribution in [-0.2, 0) is 10.3 Å². The second-order valence-electron chi connectivity index (χ2n) is 5.90. The van der Waals surface area contributed by atoms with Gasteiger partial charge in [-0.25, -0.2) is 19.9 Å². The molecule has 2 aromatic heterocycles. The lowest BCUT2D eigenvalue weighted by Gasteiger charge is -2.32. The van der Waals surface area contributed by atoms with Crippen molar-refractivity contribution in [3.63, 3.8) is 0 Å². The van der Waals surface area contributed by atoms with Gasteiger partial charge in [-0.1, -0.05) is 6.07 Å². The van der Waals surface area contributed by atoms with Crippen molar-refractivity contribution in [3.05, 3.63) is 66.4 Å². The highest BCUT2D eigenvalue weighted by Crippen LogP contribution is 2.50. The molecule has 5 rings (SSSR count). The van der Waals surface area contributed by atoms with E-state index in [1.165, 1.54) is 6.33 Å². The number of fused-ring (bicyclic) bond motifs is 4. The zero-order valence-corrected chi connectivity index (χ0v) is 13.1. The number of benzene rings is 1. The Hall–Kier alpha value is -3.48. The highest BCUT2D eigenvalue weighted by atomic mass is 16.5. The molecule has 0 radical (unpaired) electrons. The third kappa shape index (κ3) is 1.99. The molecule has 1 unspecified atom stereocenters. The van der Waals surface area contributed by atoms with E-state index < -0.39 is 5.54 Å². The van der Waals surface area contributed by atoms with Gasteiger partial charge in [0.05, 0.1) is 5.56 Å². The zero-order chi connectivity index (χ0) is 16.9. The molecule has 0 fully saturated rings. The van der Waals surface area contributed by atoms with Crippen LogP contribution in [0.1, 0.15) is 11.1 Å². The van der Waals surface area contributed by atoms with Crippen molar-refractivity contribution in [1.29, 1.82) is 0 Å². The minimum atomic E-state index is -0.757. The fraction of sp³-hybridized carbons (Fsp3) is 0.111. The van der Waals surface area contributed by atoms with Gasteiger partial charge in [-0.15, -0.1) is 0 Å². The maximum Gasteiger partial charge on any atom is 0.283 e. The topological polar surface area (TPSA) is 95.5 Å². The summed E-state index contributed by atoms with van der Waals surface area (Å²) in [6, 6.07) is 9.85. The van der Waals surface area contributed by atoms with Gasteiger partial charge in [-0.3, -0.25) is 0 Å². The van der Waals surface area contributed by atoms with Gasteiger partial charge in [0.15, 0.2) is 5.54 Å². The van der Waals surface area contributed by atoms with Crippen molar-refractivity contribution in [3.8, 4) is 22.8 Å². The molecule has 3 aromatic rings. The van der Waals surface area contributed by atoms with Crippen LogP contribution >= 0.6 is 0 Å². The van der Waals surface area contributed by atoms with Crippen LogP contribution in [0.2, 0.25) is 0 Å². The minimum Gasteiger partial charge on any atom is -0.462 e. The molecule has 0 saturated heterocycles. The fourth-order valence-electron chi connectivity index (χ4n) is 3.31. The molecule has 2 aliphatic heterocycles. The molecular formula is C18H13N5O2. The van der Waals surface area contributed by atoms with E-state index in [0.717, 1.165) is 22.3 Å². The Bertz CT molecular complexity index is 1010. The molecule has 1 spiro atoms. The van der Waals surface area contributed by atoms with Crippen molar-refractivity contribution in [1.82, 2.24) is 15.0 Å². The number of aliphatic imine (C=N–C) groups is 1. The van der Waals surface area contributed by atoms with E-state index in [1.54, 1.807) is 18.6 Å². The van der Waals surface area contributed by atoms with E-state index >= 15 is 0 Å². The minimum absolute atomic E-state index is 0.163. The smallest absolute Gasteiger partial charge is 0.283 e. The molecule has 2 N–H and O–H groups in total. The van der Waals surface area contributed by atoms with Gasteiger partial charge in [0.2, 0.25) is 5.88 Å². The molecule has 1 atom stereocenters. The number of aromatic nitrogens is 3. The Morgan fingerprint density at radius 2 is 1.92 bits per heavy atom. The van der Waals surface area contributed by atoms with Crippen LogP contribution in [0.3, 0.4) is 0 Å². The first kappa shape index (κ1) is 13.9. The van der Waals surface area contributed by atoms with E-state index in [-0.39, 0.29) is 6.02 Å². The monoisotopic (exact) mass is 331 g/mol. The number of nitrogens with two attached hydrogens (primary N) is 1. The molecule has 0 amide bonds. The van der Waals surface area contributed by atoms with Gasteiger partial charge in [0, 0.05) is 29.7 Å².